The second-order valence-corrected chi connectivity index (χ2v) is 9.60. The topological polar surface area (TPSA) is 90.0 Å². The Morgan fingerprint density at radius 1 is 1.08 bits per heavy atom. The molecule has 1 aromatic carbocycles. The second-order valence-electron chi connectivity index (χ2n) is 9.60. The Hall–Kier alpha value is -3.18. The Kier molecular flexibility index (Phi) is 6.98. The molecule has 0 atom stereocenters. The highest BCUT2D eigenvalue weighted by molar-refractivity contribution is 6.07. The van der Waals surface area contributed by atoms with Crippen LogP contribution in [-0.4, -0.2) is 76.7 Å². The summed E-state index contributed by atoms with van der Waals surface area (Å²) in [6.07, 6.45) is 0.471. The molecule has 12 heteroatoms. The molecule has 196 valence electrons. The SMILES string of the molecule is CN1C(=O)N(C2CCCCC2)C2(CCN(C(=O)CNC(=O)c3cc(C(F)(F)F)ccc3F)CC2)C1=O. The van der Waals surface area contributed by atoms with E-state index in [0.29, 0.717) is 18.2 Å². The van der Waals surface area contributed by atoms with E-state index in [2.05, 4.69) is 5.32 Å². The first-order valence-electron chi connectivity index (χ1n) is 12.0. The van der Waals surface area contributed by atoms with Gasteiger partial charge in [0.1, 0.15) is 11.4 Å². The molecule has 0 aromatic heterocycles. The number of nitrogens with zero attached hydrogens (tertiary/aromatic N) is 3. The molecule has 1 spiro atoms. The highest BCUT2D eigenvalue weighted by Crippen LogP contribution is 2.41. The zero-order valence-corrected chi connectivity index (χ0v) is 19.9. The standard InChI is InChI=1S/C24H28F4N4O4/c1-30-21(35)23(32(22(30)36)16-5-3-2-4-6-16)9-11-31(12-10-23)19(33)14-29-20(34)17-13-15(24(26,27)28)7-8-18(17)25/h7-8,13,16H,2-6,9-12,14H2,1H3,(H,29,34). The number of alkyl halides is 3. The van der Waals surface area contributed by atoms with Crippen molar-refractivity contribution in [1.29, 1.82) is 0 Å². The molecular weight excluding hydrogens is 484 g/mol. The number of urea groups is 1. The number of imide groups is 1. The van der Waals surface area contributed by atoms with Gasteiger partial charge in [-0.3, -0.25) is 19.3 Å². The van der Waals surface area contributed by atoms with Crippen LogP contribution in [0.2, 0.25) is 0 Å². The van der Waals surface area contributed by atoms with Crippen molar-refractivity contribution in [2.75, 3.05) is 26.7 Å². The van der Waals surface area contributed by atoms with Gasteiger partial charge in [0, 0.05) is 26.2 Å². The average molecular weight is 513 g/mol. The molecule has 8 nitrogen and oxygen atoms in total. The predicted octanol–water partition coefficient (Wildman–Crippen LogP) is 3.16. The zero-order valence-electron chi connectivity index (χ0n) is 19.9. The van der Waals surface area contributed by atoms with Crippen LogP contribution in [0.4, 0.5) is 22.4 Å². The highest BCUT2D eigenvalue weighted by atomic mass is 19.4. The molecule has 1 N–H and O–H groups in total. The molecule has 1 aliphatic carbocycles. The van der Waals surface area contributed by atoms with E-state index in [1.807, 2.05) is 0 Å². The molecule has 0 radical (unpaired) electrons. The molecule has 2 saturated heterocycles. The molecule has 1 saturated carbocycles. The van der Waals surface area contributed by atoms with Crippen LogP contribution in [0.25, 0.3) is 0 Å². The molecular formula is C24H28F4N4O4. The second kappa shape index (κ2) is 9.70. The number of nitrogens with one attached hydrogen (secondary N) is 1. The van der Waals surface area contributed by atoms with Gasteiger partial charge in [0.05, 0.1) is 17.7 Å². The highest BCUT2D eigenvalue weighted by Gasteiger charge is 2.59. The largest absolute Gasteiger partial charge is 0.416 e. The Morgan fingerprint density at radius 2 is 1.72 bits per heavy atom. The number of hydrogen-bond donors (Lipinski definition) is 1. The lowest BCUT2D eigenvalue weighted by Gasteiger charge is -2.46. The third-order valence-corrected chi connectivity index (χ3v) is 7.48. The summed E-state index contributed by atoms with van der Waals surface area (Å²) in [5.41, 5.74) is -2.99. The van der Waals surface area contributed by atoms with E-state index in [4.69, 9.17) is 0 Å². The van der Waals surface area contributed by atoms with Crippen LogP contribution in [0, 0.1) is 5.82 Å². The van der Waals surface area contributed by atoms with Crippen LogP contribution in [0.15, 0.2) is 18.2 Å². The number of halogens is 4. The minimum absolute atomic E-state index is 0.0240. The van der Waals surface area contributed by atoms with Gasteiger partial charge in [0.2, 0.25) is 5.91 Å². The van der Waals surface area contributed by atoms with Crippen molar-refractivity contribution < 1.29 is 36.7 Å². The number of likely N-dealkylation sites (N-methyl/N-ethyl adjacent to an activating group) is 1. The molecule has 2 heterocycles. The van der Waals surface area contributed by atoms with Crippen molar-refractivity contribution in [3.05, 3.63) is 35.1 Å². The maximum Gasteiger partial charge on any atom is 0.416 e. The lowest BCUT2D eigenvalue weighted by molar-refractivity contribution is -0.141. The Morgan fingerprint density at radius 3 is 2.33 bits per heavy atom. The van der Waals surface area contributed by atoms with Crippen LogP contribution < -0.4 is 5.32 Å². The quantitative estimate of drug-likeness (QED) is 0.496. The Bertz CT molecular complexity index is 1060. The van der Waals surface area contributed by atoms with Crippen molar-refractivity contribution in [1.82, 2.24) is 20.0 Å². The van der Waals surface area contributed by atoms with E-state index in [0.717, 1.165) is 37.0 Å². The molecule has 4 rings (SSSR count). The third-order valence-electron chi connectivity index (χ3n) is 7.48. The van der Waals surface area contributed by atoms with Gasteiger partial charge in [0.25, 0.3) is 11.8 Å². The van der Waals surface area contributed by atoms with Crippen molar-refractivity contribution in [2.45, 2.75) is 62.7 Å². The molecule has 5 amide bonds. The van der Waals surface area contributed by atoms with Crippen LogP contribution in [0.5, 0.6) is 0 Å². The summed E-state index contributed by atoms with van der Waals surface area (Å²) >= 11 is 0. The molecule has 2 aliphatic heterocycles. The third kappa shape index (κ3) is 4.64. The summed E-state index contributed by atoms with van der Waals surface area (Å²) in [6.45, 7) is -0.202. The first-order valence-corrected chi connectivity index (χ1v) is 12.0. The fourth-order valence-corrected chi connectivity index (χ4v) is 5.51. The molecule has 36 heavy (non-hydrogen) atoms. The number of carbonyl (C=O) groups is 4. The lowest BCUT2D eigenvalue weighted by atomic mass is 9.82. The molecule has 0 bridgehead atoms. The number of rotatable bonds is 4. The number of benzene rings is 1. The van der Waals surface area contributed by atoms with E-state index >= 15 is 0 Å². The van der Waals surface area contributed by atoms with E-state index in [1.54, 1.807) is 4.90 Å². The summed E-state index contributed by atoms with van der Waals surface area (Å²) < 4.78 is 52.7. The summed E-state index contributed by atoms with van der Waals surface area (Å²) in [6, 6.07) is 1.15. The number of likely N-dealkylation sites (tertiary alicyclic amines) is 1. The lowest BCUT2D eigenvalue weighted by Crippen LogP contribution is -2.60. The van der Waals surface area contributed by atoms with Gasteiger partial charge in [-0.1, -0.05) is 19.3 Å². The molecule has 0 unspecified atom stereocenters. The molecule has 1 aromatic rings. The minimum atomic E-state index is -4.75. The normalized spacial score (nSPS) is 20.9. The van der Waals surface area contributed by atoms with Crippen LogP contribution >= 0.6 is 0 Å². The summed E-state index contributed by atoms with van der Waals surface area (Å²) in [7, 11) is 1.47. The molecule has 3 fully saturated rings. The van der Waals surface area contributed by atoms with Gasteiger partial charge < -0.3 is 15.1 Å². The van der Waals surface area contributed by atoms with E-state index < -0.39 is 47.0 Å². The summed E-state index contributed by atoms with van der Waals surface area (Å²) in [5.74, 6) is -3.07. The van der Waals surface area contributed by atoms with Gasteiger partial charge in [-0.2, -0.15) is 13.2 Å². The van der Waals surface area contributed by atoms with Crippen LogP contribution in [0.3, 0.4) is 0 Å². The number of carbonyl (C=O) groups excluding carboxylic acids is 4. The first kappa shape index (κ1) is 25.9. The van der Waals surface area contributed by atoms with Gasteiger partial charge in [0.15, 0.2) is 0 Å². The minimum Gasteiger partial charge on any atom is -0.343 e. The predicted molar refractivity (Wildman–Crippen MR) is 119 cm³/mol. The average Bonchev–Trinajstić information content (AvgIpc) is 3.03. The Balaban J connectivity index is 1.39. The monoisotopic (exact) mass is 512 g/mol. The van der Waals surface area contributed by atoms with Gasteiger partial charge in [-0.05, 0) is 43.9 Å². The zero-order chi connectivity index (χ0) is 26.3. The number of amides is 5. The van der Waals surface area contributed by atoms with E-state index in [-0.39, 0.29) is 43.9 Å². The van der Waals surface area contributed by atoms with Crippen molar-refractivity contribution >= 4 is 23.8 Å². The van der Waals surface area contributed by atoms with Crippen molar-refractivity contribution in [2.24, 2.45) is 0 Å². The van der Waals surface area contributed by atoms with Crippen molar-refractivity contribution in [3.63, 3.8) is 0 Å². The van der Waals surface area contributed by atoms with Gasteiger partial charge in [-0.25, -0.2) is 9.18 Å². The first-order chi connectivity index (χ1) is 17.0. The van der Waals surface area contributed by atoms with Crippen molar-refractivity contribution in [3.8, 4) is 0 Å². The van der Waals surface area contributed by atoms with E-state index in [9.17, 15) is 36.7 Å². The molecule has 3 aliphatic rings. The summed E-state index contributed by atoms with van der Waals surface area (Å²) in [5, 5.41) is 2.18. The van der Waals surface area contributed by atoms with Gasteiger partial charge >= 0.3 is 12.2 Å². The van der Waals surface area contributed by atoms with Crippen LogP contribution in [-0.2, 0) is 15.8 Å². The smallest absolute Gasteiger partial charge is 0.343 e. The maximum absolute atomic E-state index is 14.0. The fraction of sp³-hybridized carbons (Fsp3) is 0.583. The van der Waals surface area contributed by atoms with Crippen LogP contribution in [0.1, 0.15) is 60.9 Å². The fourth-order valence-electron chi connectivity index (χ4n) is 5.51. The Labute approximate surface area is 205 Å². The van der Waals surface area contributed by atoms with E-state index in [1.165, 1.54) is 11.9 Å². The maximum atomic E-state index is 14.0. The number of hydrogen-bond acceptors (Lipinski definition) is 4. The summed E-state index contributed by atoms with van der Waals surface area (Å²) in [4.78, 5) is 55.3. The van der Waals surface area contributed by atoms with Gasteiger partial charge in [-0.15, -0.1) is 0 Å². The number of piperidine rings is 1.